The van der Waals surface area contributed by atoms with Crippen LogP contribution in [0.15, 0.2) is 22.9 Å². The van der Waals surface area contributed by atoms with Gasteiger partial charge in [-0.2, -0.15) is 0 Å². The molecule has 2 aromatic rings. The third-order valence-electron chi connectivity index (χ3n) is 1.40. The van der Waals surface area contributed by atoms with E-state index in [0.29, 0.717) is 10.9 Å². The Balaban J connectivity index is 2.86. The van der Waals surface area contributed by atoms with Crippen LogP contribution in [0.5, 0.6) is 0 Å². The zero-order valence-corrected chi connectivity index (χ0v) is 6.10. The molecule has 0 saturated heterocycles. The zero-order valence-electron chi connectivity index (χ0n) is 5.34. The largest absolute Gasteiger partial charge is 0.364 e. The van der Waals surface area contributed by atoms with Crippen LogP contribution in [0.2, 0.25) is 5.02 Å². The first-order valence-corrected chi connectivity index (χ1v) is 3.34. The molecule has 0 aliphatic rings. The van der Waals surface area contributed by atoms with E-state index in [1.54, 1.807) is 0 Å². The Morgan fingerprint density at radius 2 is 2.27 bits per heavy atom. The number of hydrogen-bond acceptors (Lipinski definition) is 2. The minimum atomic E-state index is -0.456. The topological polar surface area (TPSA) is 26.0 Å². The Bertz CT molecular complexity index is 362. The molecular formula is C7H3ClFNO. The first kappa shape index (κ1) is 6.61. The highest BCUT2D eigenvalue weighted by molar-refractivity contribution is 6.31. The van der Waals surface area contributed by atoms with Crippen LogP contribution in [0.25, 0.3) is 10.9 Å². The van der Waals surface area contributed by atoms with Crippen molar-refractivity contribution < 1.29 is 8.91 Å². The predicted octanol–water partition coefficient (Wildman–Crippen LogP) is 2.62. The molecular weight excluding hydrogens is 169 g/mol. The minimum Gasteiger partial charge on any atom is -0.364 e. The van der Waals surface area contributed by atoms with E-state index in [9.17, 15) is 4.39 Å². The second kappa shape index (κ2) is 2.20. The van der Waals surface area contributed by atoms with Gasteiger partial charge in [-0.3, -0.25) is 0 Å². The Morgan fingerprint density at radius 1 is 1.45 bits per heavy atom. The molecule has 0 atom stereocenters. The monoisotopic (exact) mass is 171 g/mol. The molecule has 0 N–H and O–H groups in total. The highest BCUT2D eigenvalue weighted by Gasteiger charge is 2.03. The zero-order chi connectivity index (χ0) is 7.84. The lowest BCUT2D eigenvalue weighted by molar-refractivity contribution is 0.428. The number of nitrogens with zero attached hydrogens (tertiary/aromatic N) is 1. The molecule has 2 nitrogen and oxygen atoms in total. The quantitative estimate of drug-likeness (QED) is 0.609. The minimum absolute atomic E-state index is 0.0615. The summed E-state index contributed by atoms with van der Waals surface area (Å²) in [6.07, 6.45) is 1.37. The molecule has 1 aromatic heterocycles. The molecule has 0 unspecified atom stereocenters. The maximum absolute atomic E-state index is 12.7. The van der Waals surface area contributed by atoms with Gasteiger partial charge in [0.25, 0.3) is 0 Å². The van der Waals surface area contributed by atoms with E-state index in [2.05, 4.69) is 9.68 Å². The number of fused-ring (bicyclic) bond motifs is 1. The van der Waals surface area contributed by atoms with Crippen LogP contribution in [-0.4, -0.2) is 5.16 Å². The van der Waals surface area contributed by atoms with Crippen molar-refractivity contribution in [2.75, 3.05) is 0 Å². The molecule has 0 saturated carbocycles. The van der Waals surface area contributed by atoms with Crippen LogP contribution >= 0.6 is 11.6 Å². The molecule has 56 valence electrons. The number of benzene rings is 1. The van der Waals surface area contributed by atoms with Crippen molar-refractivity contribution in [1.29, 1.82) is 0 Å². The SMILES string of the molecule is Fc1cc2conc2cc1Cl. The summed E-state index contributed by atoms with van der Waals surface area (Å²) in [4.78, 5) is 0. The van der Waals surface area contributed by atoms with E-state index in [-0.39, 0.29) is 5.02 Å². The van der Waals surface area contributed by atoms with Crippen LogP contribution in [0.4, 0.5) is 4.39 Å². The molecule has 0 aliphatic heterocycles. The van der Waals surface area contributed by atoms with Crippen molar-refractivity contribution in [2.45, 2.75) is 0 Å². The first-order valence-electron chi connectivity index (χ1n) is 2.96. The van der Waals surface area contributed by atoms with Crippen molar-refractivity contribution in [3.8, 4) is 0 Å². The number of aromatic nitrogens is 1. The van der Waals surface area contributed by atoms with Crippen LogP contribution in [0.3, 0.4) is 0 Å². The molecule has 0 aliphatic carbocycles. The summed E-state index contributed by atoms with van der Waals surface area (Å²) in [6, 6.07) is 2.71. The van der Waals surface area contributed by atoms with Crippen molar-refractivity contribution in [3.63, 3.8) is 0 Å². The van der Waals surface area contributed by atoms with Crippen molar-refractivity contribution in [3.05, 3.63) is 29.2 Å². The van der Waals surface area contributed by atoms with Gasteiger partial charge in [-0.15, -0.1) is 0 Å². The van der Waals surface area contributed by atoms with E-state index in [1.165, 1.54) is 18.4 Å². The van der Waals surface area contributed by atoms with Crippen LogP contribution in [0.1, 0.15) is 0 Å². The summed E-state index contributed by atoms with van der Waals surface area (Å²) in [7, 11) is 0. The van der Waals surface area contributed by atoms with Gasteiger partial charge in [0.1, 0.15) is 17.6 Å². The van der Waals surface area contributed by atoms with Gasteiger partial charge in [0.05, 0.1) is 5.02 Å². The second-order valence-corrected chi connectivity index (χ2v) is 2.55. The fraction of sp³-hybridized carbons (Fsp3) is 0. The van der Waals surface area contributed by atoms with E-state index in [1.807, 2.05) is 0 Å². The van der Waals surface area contributed by atoms with Gasteiger partial charge in [0.15, 0.2) is 0 Å². The molecule has 0 spiro atoms. The van der Waals surface area contributed by atoms with Crippen LogP contribution in [0, 0.1) is 5.82 Å². The van der Waals surface area contributed by atoms with Crippen LogP contribution < -0.4 is 0 Å². The Morgan fingerprint density at radius 3 is 3.09 bits per heavy atom. The molecule has 1 aromatic carbocycles. The van der Waals surface area contributed by atoms with Crippen LogP contribution in [-0.2, 0) is 0 Å². The van der Waals surface area contributed by atoms with Gasteiger partial charge < -0.3 is 4.52 Å². The Labute approximate surface area is 66.5 Å². The molecule has 0 amide bonds. The van der Waals surface area contributed by atoms with E-state index >= 15 is 0 Å². The maximum Gasteiger partial charge on any atom is 0.142 e. The lowest BCUT2D eigenvalue weighted by Gasteiger charge is -1.90. The first-order chi connectivity index (χ1) is 5.27. The normalized spacial score (nSPS) is 10.7. The van der Waals surface area contributed by atoms with Gasteiger partial charge in [0.2, 0.25) is 0 Å². The lowest BCUT2D eigenvalue weighted by atomic mass is 10.2. The Kier molecular flexibility index (Phi) is 1.32. The third-order valence-corrected chi connectivity index (χ3v) is 1.69. The summed E-state index contributed by atoms with van der Waals surface area (Å²) < 4.78 is 17.3. The summed E-state index contributed by atoms with van der Waals surface area (Å²) in [5.41, 5.74) is 0.566. The standard InChI is InChI=1S/C7H3ClFNO/c8-5-2-7-4(1-6(5)9)3-11-10-7/h1-3H. The van der Waals surface area contributed by atoms with Crippen molar-refractivity contribution in [1.82, 2.24) is 5.16 Å². The van der Waals surface area contributed by atoms with E-state index < -0.39 is 5.82 Å². The molecule has 0 bridgehead atoms. The molecule has 11 heavy (non-hydrogen) atoms. The fourth-order valence-corrected chi connectivity index (χ4v) is 1.02. The summed E-state index contributed by atoms with van der Waals surface area (Å²) >= 11 is 5.49. The molecule has 0 fully saturated rings. The smallest absolute Gasteiger partial charge is 0.142 e. The molecule has 1 heterocycles. The van der Waals surface area contributed by atoms with Gasteiger partial charge in [-0.1, -0.05) is 16.8 Å². The molecule has 0 radical (unpaired) electrons. The van der Waals surface area contributed by atoms with Gasteiger partial charge in [-0.05, 0) is 12.1 Å². The summed E-state index contributed by atoms with van der Waals surface area (Å²) in [5, 5.41) is 4.27. The van der Waals surface area contributed by atoms with E-state index in [0.717, 1.165) is 0 Å². The second-order valence-electron chi connectivity index (χ2n) is 2.14. The summed E-state index contributed by atoms with van der Waals surface area (Å²) in [5.74, 6) is -0.456. The molecule has 2 rings (SSSR count). The van der Waals surface area contributed by atoms with Crippen molar-refractivity contribution >= 4 is 22.5 Å². The maximum atomic E-state index is 12.7. The number of hydrogen-bond donors (Lipinski definition) is 0. The third kappa shape index (κ3) is 0.973. The predicted molar refractivity (Wildman–Crippen MR) is 39.0 cm³/mol. The number of rotatable bonds is 0. The number of halogens is 2. The average molecular weight is 172 g/mol. The lowest BCUT2D eigenvalue weighted by Crippen LogP contribution is -1.75. The van der Waals surface area contributed by atoms with Crippen molar-refractivity contribution in [2.24, 2.45) is 0 Å². The highest BCUT2D eigenvalue weighted by atomic mass is 35.5. The van der Waals surface area contributed by atoms with E-state index in [4.69, 9.17) is 11.6 Å². The Hall–Kier alpha value is -1.09. The van der Waals surface area contributed by atoms with Gasteiger partial charge in [0, 0.05) is 5.39 Å². The van der Waals surface area contributed by atoms with Gasteiger partial charge in [-0.25, -0.2) is 4.39 Å². The molecule has 4 heteroatoms. The summed E-state index contributed by atoms with van der Waals surface area (Å²) in [6.45, 7) is 0. The highest BCUT2D eigenvalue weighted by Crippen LogP contribution is 2.21. The van der Waals surface area contributed by atoms with Gasteiger partial charge >= 0.3 is 0 Å². The average Bonchev–Trinajstić information content (AvgIpc) is 2.36. The fourth-order valence-electron chi connectivity index (χ4n) is 0.865.